The summed E-state index contributed by atoms with van der Waals surface area (Å²) in [5.41, 5.74) is 3.49. The van der Waals surface area contributed by atoms with E-state index in [0.29, 0.717) is 16.5 Å². The Morgan fingerprint density at radius 3 is 2.82 bits per heavy atom. The van der Waals surface area contributed by atoms with E-state index >= 15 is 0 Å². The first-order valence-corrected chi connectivity index (χ1v) is 9.80. The quantitative estimate of drug-likeness (QED) is 0.690. The maximum atomic E-state index is 12.8. The van der Waals surface area contributed by atoms with E-state index in [4.69, 9.17) is 0 Å². The third-order valence-electron chi connectivity index (χ3n) is 4.51. The van der Waals surface area contributed by atoms with E-state index in [2.05, 4.69) is 15.5 Å². The second kappa shape index (κ2) is 7.47. The van der Waals surface area contributed by atoms with Crippen LogP contribution in [0.1, 0.15) is 5.56 Å². The summed E-state index contributed by atoms with van der Waals surface area (Å²) in [6.45, 7) is 2.05. The van der Waals surface area contributed by atoms with Gasteiger partial charge in [-0.2, -0.15) is 0 Å². The molecule has 0 saturated carbocycles. The lowest BCUT2D eigenvalue weighted by molar-refractivity contribution is -0.120. The Hall–Kier alpha value is -3.13. The highest BCUT2D eigenvalue weighted by molar-refractivity contribution is 7.99. The molecule has 1 aromatic heterocycles. The molecule has 0 bridgehead atoms. The van der Waals surface area contributed by atoms with Gasteiger partial charge in [-0.15, -0.1) is 10.2 Å². The van der Waals surface area contributed by atoms with Gasteiger partial charge in [0.25, 0.3) is 0 Å². The minimum atomic E-state index is -0.197. The molecule has 0 unspecified atom stereocenters. The van der Waals surface area contributed by atoms with Crippen molar-refractivity contribution in [2.75, 3.05) is 22.5 Å². The Morgan fingerprint density at radius 2 is 2.00 bits per heavy atom. The average molecular weight is 393 g/mol. The standard InChI is InChI=1S/C20H19N5O2S/c1-13-6-5-7-14(10-13)19-22-23-20(24(19)2)28-12-18(27)25-11-17(26)21-15-8-3-4-9-16(15)25/h3-10H,11-12H2,1-2H3,(H,21,26). The van der Waals surface area contributed by atoms with Crippen LogP contribution in [-0.2, 0) is 16.6 Å². The van der Waals surface area contributed by atoms with Gasteiger partial charge in [-0.1, -0.05) is 47.7 Å². The van der Waals surface area contributed by atoms with Crippen LogP contribution in [0.3, 0.4) is 0 Å². The lowest BCUT2D eigenvalue weighted by Gasteiger charge is -2.28. The van der Waals surface area contributed by atoms with E-state index in [1.54, 1.807) is 6.07 Å². The van der Waals surface area contributed by atoms with Gasteiger partial charge in [0.05, 0.1) is 17.1 Å². The highest BCUT2D eigenvalue weighted by atomic mass is 32.2. The van der Waals surface area contributed by atoms with Gasteiger partial charge in [0.15, 0.2) is 11.0 Å². The van der Waals surface area contributed by atoms with Crippen LogP contribution in [-0.4, -0.2) is 38.9 Å². The van der Waals surface area contributed by atoms with E-state index in [-0.39, 0.29) is 24.1 Å². The molecule has 1 aliphatic rings. The van der Waals surface area contributed by atoms with Gasteiger partial charge in [0.1, 0.15) is 6.54 Å². The number of anilines is 2. The molecule has 2 heterocycles. The van der Waals surface area contributed by atoms with Gasteiger partial charge in [-0.25, -0.2) is 0 Å². The van der Waals surface area contributed by atoms with Crippen molar-refractivity contribution in [2.24, 2.45) is 7.05 Å². The Kier molecular flexibility index (Phi) is 4.87. The molecule has 2 aromatic carbocycles. The van der Waals surface area contributed by atoms with Crippen molar-refractivity contribution in [3.8, 4) is 11.4 Å². The highest BCUT2D eigenvalue weighted by Crippen LogP contribution is 2.30. The first-order chi connectivity index (χ1) is 13.5. The number of carbonyl (C=O) groups excluding carboxylic acids is 2. The number of rotatable bonds is 4. The zero-order valence-corrected chi connectivity index (χ0v) is 16.4. The summed E-state index contributed by atoms with van der Waals surface area (Å²) >= 11 is 1.31. The zero-order valence-electron chi connectivity index (χ0n) is 15.5. The van der Waals surface area contributed by atoms with E-state index in [9.17, 15) is 9.59 Å². The molecule has 0 saturated heterocycles. The number of nitrogens with zero attached hydrogens (tertiary/aromatic N) is 4. The minimum absolute atomic E-state index is 0.0176. The molecule has 1 aliphatic heterocycles. The van der Waals surface area contributed by atoms with Crippen LogP contribution < -0.4 is 10.2 Å². The van der Waals surface area contributed by atoms with Crippen molar-refractivity contribution in [3.63, 3.8) is 0 Å². The number of fused-ring (bicyclic) bond motifs is 1. The van der Waals surface area contributed by atoms with E-state index < -0.39 is 0 Å². The molecule has 0 atom stereocenters. The third kappa shape index (κ3) is 3.50. The van der Waals surface area contributed by atoms with Gasteiger partial charge in [-0.3, -0.25) is 9.59 Å². The second-order valence-corrected chi connectivity index (χ2v) is 7.51. The smallest absolute Gasteiger partial charge is 0.244 e. The maximum Gasteiger partial charge on any atom is 0.244 e. The van der Waals surface area contributed by atoms with Crippen molar-refractivity contribution in [2.45, 2.75) is 12.1 Å². The molecule has 8 heteroatoms. The van der Waals surface area contributed by atoms with Crippen LogP contribution in [0.25, 0.3) is 11.4 Å². The molecule has 7 nitrogen and oxygen atoms in total. The molecule has 2 amide bonds. The highest BCUT2D eigenvalue weighted by Gasteiger charge is 2.27. The number of aryl methyl sites for hydroxylation is 1. The topological polar surface area (TPSA) is 80.1 Å². The fourth-order valence-electron chi connectivity index (χ4n) is 3.14. The molecule has 0 radical (unpaired) electrons. The number of carbonyl (C=O) groups is 2. The summed E-state index contributed by atoms with van der Waals surface area (Å²) in [6, 6.07) is 15.3. The summed E-state index contributed by atoms with van der Waals surface area (Å²) in [5.74, 6) is 0.577. The fourth-order valence-corrected chi connectivity index (χ4v) is 3.92. The number of nitrogens with one attached hydrogen (secondary N) is 1. The van der Waals surface area contributed by atoms with Crippen molar-refractivity contribution >= 4 is 35.0 Å². The number of hydrogen-bond acceptors (Lipinski definition) is 5. The molecule has 142 valence electrons. The second-order valence-electron chi connectivity index (χ2n) is 6.57. The number of aromatic nitrogens is 3. The van der Waals surface area contributed by atoms with Crippen LogP contribution >= 0.6 is 11.8 Å². The summed E-state index contributed by atoms with van der Waals surface area (Å²) in [6.07, 6.45) is 0. The summed E-state index contributed by atoms with van der Waals surface area (Å²) < 4.78 is 1.88. The molecule has 4 rings (SSSR count). The largest absolute Gasteiger partial charge is 0.323 e. The van der Waals surface area contributed by atoms with Crippen molar-refractivity contribution in [1.82, 2.24) is 14.8 Å². The van der Waals surface area contributed by atoms with Crippen LogP contribution in [0, 0.1) is 6.92 Å². The van der Waals surface area contributed by atoms with Crippen molar-refractivity contribution < 1.29 is 9.59 Å². The van der Waals surface area contributed by atoms with Crippen molar-refractivity contribution in [1.29, 1.82) is 0 Å². The van der Waals surface area contributed by atoms with Crippen LogP contribution in [0.4, 0.5) is 11.4 Å². The van der Waals surface area contributed by atoms with Gasteiger partial charge < -0.3 is 14.8 Å². The number of thioether (sulfide) groups is 1. The first-order valence-electron chi connectivity index (χ1n) is 8.81. The molecule has 0 spiro atoms. The Balaban J connectivity index is 1.50. The predicted octanol–water partition coefficient (Wildman–Crippen LogP) is 2.87. The maximum absolute atomic E-state index is 12.8. The van der Waals surface area contributed by atoms with Crippen LogP contribution in [0.5, 0.6) is 0 Å². The predicted molar refractivity (Wildman–Crippen MR) is 109 cm³/mol. The van der Waals surface area contributed by atoms with Crippen LogP contribution in [0.15, 0.2) is 53.7 Å². The summed E-state index contributed by atoms with van der Waals surface area (Å²) in [5, 5.41) is 11.9. The SMILES string of the molecule is Cc1cccc(-c2nnc(SCC(=O)N3CC(=O)Nc4ccccc43)n2C)c1. The molecule has 28 heavy (non-hydrogen) atoms. The Morgan fingerprint density at radius 1 is 1.18 bits per heavy atom. The van der Waals surface area contributed by atoms with Gasteiger partial charge >= 0.3 is 0 Å². The number of hydrogen-bond donors (Lipinski definition) is 1. The van der Waals surface area contributed by atoms with Crippen LogP contribution in [0.2, 0.25) is 0 Å². The lowest BCUT2D eigenvalue weighted by Crippen LogP contribution is -2.43. The zero-order chi connectivity index (χ0) is 19.7. The van der Waals surface area contributed by atoms with E-state index in [1.807, 2.05) is 61.0 Å². The van der Waals surface area contributed by atoms with E-state index in [1.165, 1.54) is 16.7 Å². The number of para-hydroxylation sites is 2. The van der Waals surface area contributed by atoms with Gasteiger partial charge in [0, 0.05) is 12.6 Å². The molecule has 1 N–H and O–H groups in total. The molecule has 3 aromatic rings. The number of amides is 2. The Bertz CT molecular complexity index is 1060. The normalized spacial score (nSPS) is 13.2. The molecular formula is C20H19N5O2S. The number of benzene rings is 2. The molecule has 0 aliphatic carbocycles. The van der Waals surface area contributed by atoms with E-state index in [0.717, 1.165) is 17.0 Å². The Labute approximate surface area is 166 Å². The first kappa shape index (κ1) is 18.2. The fraction of sp³-hybridized carbons (Fsp3) is 0.200. The minimum Gasteiger partial charge on any atom is -0.323 e. The van der Waals surface area contributed by atoms with Crippen molar-refractivity contribution in [3.05, 3.63) is 54.1 Å². The molecular weight excluding hydrogens is 374 g/mol. The lowest BCUT2D eigenvalue weighted by atomic mass is 10.1. The summed E-state index contributed by atoms with van der Waals surface area (Å²) in [4.78, 5) is 26.2. The van der Waals surface area contributed by atoms with Gasteiger partial charge in [-0.05, 0) is 25.1 Å². The average Bonchev–Trinajstić information content (AvgIpc) is 3.06. The molecule has 0 fully saturated rings. The third-order valence-corrected chi connectivity index (χ3v) is 5.51. The van der Waals surface area contributed by atoms with Gasteiger partial charge in [0.2, 0.25) is 11.8 Å². The monoisotopic (exact) mass is 393 g/mol. The summed E-state index contributed by atoms with van der Waals surface area (Å²) in [7, 11) is 1.88.